The normalized spacial score (nSPS) is 16.8. The largest absolute Gasteiger partial charge is 0.381 e. The fourth-order valence-electron chi connectivity index (χ4n) is 1.39. The Bertz CT molecular complexity index is 97.2. The molecule has 0 N–H and O–H groups in total. The lowest BCUT2D eigenvalue weighted by atomic mass is 10.2. The van der Waals surface area contributed by atoms with Crippen LogP contribution in [0, 0.1) is 5.92 Å². The van der Waals surface area contributed by atoms with Crippen LogP contribution >= 0.6 is 0 Å². The van der Waals surface area contributed by atoms with Gasteiger partial charge in [-0.3, -0.25) is 0 Å². The van der Waals surface area contributed by atoms with Crippen LogP contribution in [0.1, 0.15) is 51.9 Å². The van der Waals surface area contributed by atoms with Crippen LogP contribution in [0.3, 0.4) is 0 Å². The summed E-state index contributed by atoms with van der Waals surface area (Å²) in [5.74, 6) is 1.03. The molecule has 0 aromatic heterocycles. The Balaban J connectivity index is 1.65. The highest BCUT2D eigenvalue weighted by Gasteiger charge is 2.20. The summed E-state index contributed by atoms with van der Waals surface area (Å²) in [5.41, 5.74) is 0. The van der Waals surface area contributed by atoms with Crippen LogP contribution in [0.15, 0.2) is 0 Å². The van der Waals surface area contributed by atoms with Gasteiger partial charge in [-0.05, 0) is 18.8 Å². The van der Waals surface area contributed by atoms with Crippen molar-refractivity contribution in [3.05, 3.63) is 0 Å². The van der Waals surface area contributed by atoms with Crippen molar-refractivity contribution in [2.75, 3.05) is 13.2 Å². The van der Waals surface area contributed by atoms with Gasteiger partial charge in [0.1, 0.15) is 0 Å². The molecule has 1 heteroatoms. The second-order valence-corrected chi connectivity index (χ2v) is 3.91. The van der Waals surface area contributed by atoms with Crippen LogP contribution in [-0.2, 0) is 4.74 Å². The van der Waals surface area contributed by atoms with E-state index in [0.717, 1.165) is 19.1 Å². The first kappa shape index (κ1) is 10.0. The van der Waals surface area contributed by atoms with Gasteiger partial charge in [-0.2, -0.15) is 0 Å². The van der Waals surface area contributed by atoms with Gasteiger partial charge in [0, 0.05) is 13.2 Å². The van der Waals surface area contributed by atoms with Gasteiger partial charge in [-0.15, -0.1) is 0 Å². The summed E-state index contributed by atoms with van der Waals surface area (Å²) in [4.78, 5) is 0. The molecule has 72 valence electrons. The van der Waals surface area contributed by atoms with Crippen LogP contribution in [0.5, 0.6) is 0 Å². The summed E-state index contributed by atoms with van der Waals surface area (Å²) in [6.07, 6.45) is 9.53. The Morgan fingerprint density at radius 2 is 1.92 bits per heavy atom. The Labute approximate surface area is 76.5 Å². The molecule has 0 atom stereocenters. The van der Waals surface area contributed by atoms with Crippen molar-refractivity contribution in [3.63, 3.8) is 0 Å². The third kappa shape index (κ3) is 5.59. The second-order valence-electron chi connectivity index (χ2n) is 3.91. The van der Waals surface area contributed by atoms with E-state index in [2.05, 4.69) is 6.92 Å². The summed E-state index contributed by atoms with van der Waals surface area (Å²) in [7, 11) is 0. The molecule has 1 aliphatic rings. The second kappa shape index (κ2) is 6.47. The molecule has 0 saturated heterocycles. The maximum atomic E-state index is 5.53. The smallest absolute Gasteiger partial charge is 0.0468 e. The van der Waals surface area contributed by atoms with E-state index in [1.165, 1.54) is 44.9 Å². The standard InChI is InChI=1S/C11H22O/c1-2-3-4-5-9-12-10-8-11-6-7-11/h11H,2-10H2,1H3. The van der Waals surface area contributed by atoms with Gasteiger partial charge in [0.05, 0.1) is 0 Å². The predicted octanol–water partition coefficient (Wildman–Crippen LogP) is 3.38. The highest BCUT2D eigenvalue weighted by molar-refractivity contribution is 4.72. The highest BCUT2D eigenvalue weighted by Crippen LogP contribution is 2.32. The average Bonchev–Trinajstić information content (AvgIpc) is 2.87. The molecule has 12 heavy (non-hydrogen) atoms. The molecule has 0 bridgehead atoms. The average molecular weight is 170 g/mol. The lowest BCUT2D eigenvalue weighted by molar-refractivity contribution is 0.124. The number of rotatable bonds is 8. The van der Waals surface area contributed by atoms with Crippen LogP contribution in [0.2, 0.25) is 0 Å². The first-order chi connectivity index (χ1) is 5.93. The fraction of sp³-hybridized carbons (Fsp3) is 1.00. The number of unbranched alkanes of at least 4 members (excludes halogenated alkanes) is 3. The topological polar surface area (TPSA) is 9.23 Å². The molecular formula is C11H22O. The summed E-state index contributed by atoms with van der Waals surface area (Å²) in [6, 6.07) is 0. The van der Waals surface area contributed by atoms with Gasteiger partial charge in [-0.1, -0.05) is 39.0 Å². The SMILES string of the molecule is CCCCCCOCCC1CC1. The van der Waals surface area contributed by atoms with Gasteiger partial charge in [0.2, 0.25) is 0 Å². The monoisotopic (exact) mass is 170 g/mol. The van der Waals surface area contributed by atoms with E-state index in [1.54, 1.807) is 0 Å². The van der Waals surface area contributed by atoms with Crippen LogP contribution in [0.25, 0.3) is 0 Å². The minimum atomic E-state index is 0.993. The summed E-state index contributed by atoms with van der Waals surface area (Å²) < 4.78 is 5.53. The zero-order valence-electron chi connectivity index (χ0n) is 8.35. The lowest BCUT2D eigenvalue weighted by Crippen LogP contribution is -1.97. The zero-order chi connectivity index (χ0) is 8.65. The van der Waals surface area contributed by atoms with E-state index < -0.39 is 0 Å². The lowest BCUT2D eigenvalue weighted by Gasteiger charge is -2.02. The van der Waals surface area contributed by atoms with Crippen molar-refractivity contribution in [1.29, 1.82) is 0 Å². The van der Waals surface area contributed by atoms with Crippen LogP contribution in [0.4, 0.5) is 0 Å². The first-order valence-corrected chi connectivity index (χ1v) is 5.51. The molecule has 0 amide bonds. The molecule has 0 aromatic carbocycles. The highest BCUT2D eigenvalue weighted by atomic mass is 16.5. The van der Waals surface area contributed by atoms with E-state index in [1.807, 2.05) is 0 Å². The van der Waals surface area contributed by atoms with Gasteiger partial charge >= 0.3 is 0 Å². The Hall–Kier alpha value is -0.0400. The van der Waals surface area contributed by atoms with Crippen molar-refractivity contribution in [3.8, 4) is 0 Å². The molecule has 0 unspecified atom stereocenters. The molecule has 0 aliphatic heterocycles. The molecule has 1 rings (SSSR count). The van der Waals surface area contributed by atoms with Crippen molar-refractivity contribution >= 4 is 0 Å². The van der Waals surface area contributed by atoms with Crippen molar-refractivity contribution in [1.82, 2.24) is 0 Å². The van der Waals surface area contributed by atoms with E-state index in [4.69, 9.17) is 4.74 Å². The van der Waals surface area contributed by atoms with Gasteiger partial charge < -0.3 is 4.74 Å². The van der Waals surface area contributed by atoms with Crippen molar-refractivity contribution in [2.45, 2.75) is 51.9 Å². The molecule has 1 fully saturated rings. The molecule has 0 spiro atoms. The molecule has 1 aliphatic carbocycles. The van der Waals surface area contributed by atoms with Crippen LogP contribution in [-0.4, -0.2) is 13.2 Å². The van der Waals surface area contributed by atoms with E-state index in [-0.39, 0.29) is 0 Å². The summed E-state index contributed by atoms with van der Waals surface area (Å²) >= 11 is 0. The first-order valence-electron chi connectivity index (χ1n) is 5.51. The van der Waals surface area contributed by atoms with Crippen molar-refractivity contribution in [2.24, 2.45) is 5.92 Å². The molecule has 0 radical (unpaired) electrons. The number of ether oxygens (including phenoxy) is 1. The molecule has 1 saturated carbocycles. The zero-order valence-corrected chi connectivity index (χ0v) is 8.35. The van der Waals surface area contributed by atoms with Crippen LogP contribution < -0.4 is 0 Å². The van der Waals surface area contributed by atoms with Gasteiger partial charge in [0.25, 0.3) is 0 Å². The maximum Gasteiger partial charge on any atom is 0.0468 e. The predicted molar refractivity (Wildman–Crippen MR) is 52.3 cm³/mol. The van der Waals surface area contributed by atoms with Crippen molar-refractivity contribution < 1.29 is 4.74 Å². The number of hydrogen-bond acceptors (Lipinski definition) is 1. The quantitative estimate of drug-likeness (QED) is 0.507. The summed E-state index contributed by atoms with van der Waals surface area (Å²) in [6.45, 7) is 4.25. The minimum absolute atomic E-state index is 0.993. The molecule has 1 nitrogen and oxygen atoms in total. The fourth-order valence-corrected chi connectivity index (χ4v) is 1.39. The summed E-state index contributed by atoms with van der Waals surface area (Å²) in [5, 5.41) is 0. The molecular weight excluding hydrogens is 148 g/mol. The Morgan fingerprint density at radius 3 is 2.58 bits per heavy atom. The molecule has 0 aromatic rings. The Kier molecular flexibility index (Phi) is 5.42. The van der Waals surface area contributed by atoms with E-state index >= 15 is 0 Å². The molecule has 0 heterocycles. The van der Waals surface area contributed by atoms with Gasteiger partial charge in [0.15, 0.2) is 0 Å². The maximum absolute atomic E-state index is 5.53. The minimum Gasteiger partial charge on any atom is -0.381 e. The number of hydrogen-bond donors (Lipinski definition) is 0. The third-order valence-electron chi connectivity index (χ3n) is 2.51. The van der Waals surface area contributed by atoms with E-state index in [9.17, 15) is 0 Å². The Morgan fingerprint density at radius 1 is 1.08 bits per heavy atom. The van der Waals surface area contributed by atoms with E-state index in [0.29, 0.717) is 0 Å². The van der Waals surface area contributed by atoms with Gasteiger partial charge in [-0.25, -0.2) is 0 Å². The third-order valence-corrected chi connectivity index (χ3v) is 2.51.